The molecule has 83 heavy (non-hydrogen) atoms. The van der Waals surface area contributed by atoms with Crippen molar-refractivity contribution in [1.82, 2.24) is 0 Å². The van der Waals surface area contributed by atoms with Crippen LogP contribution in [0.4, 0.5) is 0 Å². The Bertz CT molecular complexity index is 1890. The summed E-state index contributed by atoms with van der Waals surface area (Å²) in [6, 6.07) is 0. The summed E-state index contributed by atoms with van der Waals surface area (Å²) in [5.41, 5.74) is 0. The van der Waals surface area contributed by atoms with E-state index in [1.807, 2.05) is 0 Å². The third-order valence-corrected chi connectivity index (χ3v) is 13.7. The summed E-state index contributed by atoms with van der Waals surface area (Å²) >= 11 is 0. The Morgan fingerprint density at radius 1 is 0.241 bits per heavy atom. The number of carbonyl (C=O) groups excluding carboxylic acids is 3. The molecule has 0 aliphatic heterocycles. The number of carbonyl (C=O) groups is 3. The lowest BCUT2D eigenvalue weighted by Crippen LogP contribution is -2.30. The molecule has 466 valence electrons. The molecule has 0 heterocycles. The molecule has 0 bridgehead atoms. The topological polar surface area (TPSA) is 78.9 Å². The zero-order valence-electron chi connectivity index (χ0n) is 53.4. The van der Waals surface area contributed by atoms with Gasteiger partial charge in [-0.15, -0.1) is 0 Å². The Labute approximate surface area is 511 Å². The summed E-state index contributed by atoms with van der Waals surface area (Å²) in [6.45, 7) is 6.27. The average Bonchev–Trinajstić information content (AvgIpc) is 3.49. The summed E-state index contributed by atoms with van der Waals surface area (Å²) in [4.78, 5) is 38.3. The van der Waals surface area contributed by atoms with Crippen LogP contribution in [-0.2, 0) is 28.6 Å². The first kappa shape index (κ1) is 77.8. The molecule has 0 amide bonds. The van der Waals surface area contributed by atoms with Crippen LogP contribution in [0.5, 0.6) is 0 Å². The fraction of sp³-hybridized carbons (Fsp3) is 0.597. The lowest BCUT2D eigenvalue weighted by Gasteiger charge is -2.18. The zero-order valence-corrected chi connectivity index (χ0v) is 53.4. The van der Waals surface area contributed by atoms with Crippen LogP contribution in [0.15, 0.2) is 170 Å². The first-order chi connectivity index (χ1) is 41.0. The van der Waals surface area contributed by atoms with Crippen molar-refractivity contribution in [3.05, 3.63) is 170 Å². The standard InChI is InChI=1S/C77H122O6/c1-4-7-10-13-16-19-22-25-28-29-30-31-32-33-34-35-36-37-38-39-40-41-42-43-44-45-46-47-50-52-55-58-61-64-67-70-76(79)82-73-74(83-77(80)71-68-65-62-59-56-53-49-27-24-21-18-15-12-9-6-3)72-81-75(78)69-66-63-60-57-54-51-48-26-23-20-17-14-11-8-5-2/h7-12,16-21,25-28,30-31,33-34,36-37,39-40,42-43,48-49,74H,4-6,13-15,22-24,29,32,35,38,41,44-47,50-73H2,1-3H3/b10-7-,11-8-,12-9-,19-16-,20-17-,21-18-,28-25-,31-30-,34-33-,37-36-,40-39-,43-42-,48-26-,49-27-. The van der Waals surface area contributed by atoms with E-state index in [0.717, 1.165) is 193 Å². The number of esters is 3. The summed E-state index contributed by atoms with van der Waals surface area (Å²) in [5.74, 6) is -0.940. The average molecular weight is 1140 g/mol. The van der Waals surface area contributed by atoms with Crippen molar-refractivity contribution in [2.75, 3.05) is 13.2 Å². The molecule has 0 saturated heterocycles. The van der Waals surface area contributed by atoms with Crippen molar-refractivity contribution in [2.24, 2.45) is 0 Å². The van der Waals surface area contributed by atoms with Crippen molar-refractivity contribution in [3.63, 3.8) is 0 Å². The Kier molecular flexibility index (Phi) is 64.9. The minimum absolute atomic E-state index is 0.0992. The van der Waals surface area contributed by atoms with E-state index in [1.165, 1.54) is 44.9 Å². The molecule has 0 saturated carbocycles. The quantitative estimate of drug-likeness (QED) is 0.0261. The van der Waals surface area contributed by atoms with Crippen LogP contribution in [0.1, 0.15) is 278 Å². The first-order valence-electron chi connectivity index (χ1n) is 33.6. The lowest BCUT2D eigenvalue weighted by atomic mass is 10.1. The first-order valence-corrected chi connectivity index (χ1v) is 33.6. The van der Waals surface area contributed by atoms with E-state index in [2.05, 4.69) is 191 Å². The van der Waals surface area contributed by atoms with Gasteiger partial charge in [0.05, 0.1) is 0 Å². The molecule has 0 fully saturated rings. The lowest BCUT2D eigenvalue weighted by molar-refractivity contribution is -0.167. The van der Waals surface area contributed by atoms with Gasteiger partial charge in [0.25, 0.3) is 0 Å². The normalized spacial score (nSPS) is 13.2. The highest BCUT2D eigenvalue weighted by molar-refractivity contribution is 5.71. The highest BCUT2D eigenvalue weighted by atomic mass is 16.6. The van der Waals surface area contributed by atoms with Gasteiger partial charge in [-0.1, -0.05) is 281 Å². The molecule has 0 N–H and O–H groups in total. The molecular weight excluding hydrogens is 1020 g/mol. The Hall–Kier alpha value is -5.23. The molecule has 1 unspecified atom stereocenters. The fourth-order valence-corrected chi connectivity index (χ4v) is 8.78. The van der Waals surface area contributed by atoms with Crippen LogP contribution in [0.25, 0.3) is 0 Å². The van der Waals surface area contributed by atoms with E-state index in [4.69, 9.17) is 14.2 Å². The molecule has 0 aliphatic carbocycles. The number of ether oxygens (including phenoxy) is 3. The van der Waals surface area contributed by atoms with E-state index < -0.39 is 6.10 Å². The molecule has 1 atom stereocenters. The van der Waals surface area contributed by atoms with Crippen LogP contribution >= 0.6 is 0 Å². The van der Waals surface area contributed by atoms with Crippen molar-refractivity contribution in [2.45, 2.75) is 284 Å². The maximum Gasteiger partial charge on any atom is 0.306 e. The number of hydrogen-bond acceptors (Lipinski definition) is 6. The third-order valence-electron chi connectivity index (χ3n) is 13.7. The molecule has 0 aliphatic rings. The predicted octanol–water partition coefficient (Wildman–Crippen LogP) is 23.4. The van der Waals surface area contributed by atoms with E-state index >= 15 is 0 Å². The minimum Gasteiger partial charge on any atom is -0.462 e. The van der Waals surface area contributed by atoms with Gasteiger partial charge in [0, 0.05) is 19.3 Å². The molecule has 0 spiro atoms. The number of hydrogen-bond donors (Lipinski definition) is 0. The molecule has 0 rings (SSSR count). The number of rotatable bonds is 59. The SMILES string of the molecule is CC/C=C\C/C=C\C/C=C\C/C=C\C/C=C\C/C=C\C/C=C\C/C=C\CCCCCCCCCCCCC(=O)OCC(COC(=O)CCCCCCC/C=C\C/C=C\C/C=C\CC)OC(=O)CCCCCCC/C=C\C/C=C\C/C=C\CC. The predicted molar refractivity (Wildman–Crippen MR) is 361 cm³/mol. The summed E-state index contributed by atoms with van der Waals surface area (Å²) in [7, 11) is 0. The smallest absolute Gasteiger partial charge is 0.306 e. The van der Waals surface area contributed by atoms with Gasteiger partial charge < -0.3 is 14.2 Å². The summed E-state index contributed by atoms with van der Waals surface area (Å²) < 4.78 is 16.9. The van der Waals surface area contributed by atoms with Gasteiger partial charge in [-0.3, -0.25) is 14.4 Å². The van der Waals surface area contributed by atoms with E-state index in [-0.39, 0.29) is 31.1 Å². The van der Waals surface area contributed by atoms with E-state index in [1.54, 1.807) is 0 Å². The second kappa shape index (κ2) is 69.3. The Morgan fingerprint density at radius 2 is 0.434 bits per heavy atom. The summed E-state index contributed by atoms with van der Waals surface area (Å²) in [5, 5.41) is 0. The second-order valence-corrected chi connectivity index (χ2v) is 21.6. The van der Waals surface area contributed by atoms with Crippen molar-refractivity contribution in [1.29, 1.82) is 0 Å². The monoisotopic (exact) mass is 1140 g/mol. The number of allylic oxidation sites excluding steroid dienone is 28. The highest BCUT2D eigenvalue weighted by Gasteiger charge is 2.19. The van der Waals surface area contributed by atoms with Gasteiger partial charge in [-0.25, -0.2) is 0 Å². The van der Waals surface area contributed by atoms with Crippen molar-refractivity contribution < 1.29 is 28.6 Å². The third kappa shape index (κ3) is 67.4. The van der Waals surface area contributed by atoms with Gasteiger partial charge in [-0.2, -0.15) is 0 Å². The second-order valence-electron chi connectivity index (χ2n) is 21.6. The minimum atomic E-state index is -0.805. The largest absolute Gasteiger partial charge is 0.462 e. The molecule has 0 aromatic rings. The molecular formula is C77H122O6. The van der Waals surface area contributed by atoms with Crippen LogP contribution < -0.4 is 0 Å². The van der Waals surface area contributed by atoms with Gasteiger partial charge >= 0.3 is 17.9 Å². The van der Waals surface area contributed by atoms with Crippen LogP contribution in [0.3, 0.4) is 0 Å². The Balaban J connectivity index is 4.28. The Morgan fingerprint density at radius 3 is 0.675 bits per heavy atom. The van der Waals surface area contributed by atoms with E-state index in [0.29, 0.717) is 19.3 Å². The molecule has 0 radical (unpaired) electrons. The molecule has 6 heteroatoms. The summed E-state index contributed by atoms with van der Waals surface area (Å²) in [6.07, 6.45) is 102. The van der Waals surface area contributed by atoms with E-state index in [9.17, 15) is 14.4 Å². The van der Waals surface area contributed by atoms with Crippen LogP contribution in [0, 0.1) is 0 Å². The van der Waals surface area contributed by atoms with Gasteiger partial charge in [-0.05, 0) is 148 Å². The zero-order chi connectivity index (χ0) is 59.9. The van der Waals surface area contributed by atoms with Crippen LogP contribution in [0.2, 0.25) is 0 Å². The molecule has 0 aromatic carbocycles. The molecule has 0 aromatic heterocycles. The van der Waals surface area contributed by atoms with Gasteiger partial charge in [0.2, 0.25) is 0 Å². The van der Waals surface area contributed by atoms with Crippen LogP contribution in [-0.4, -0.2) is 37.2 Å². The van der Waals surface area contributed by atoms with Crippen molar-refractivity contribution in [3.8, 4) is 0 Å². The maximum absolute atomic E-state index is 12.9. The molecule has 6 nitrogen and oxygen atoms in total. The maximum atomic E-state index is 12.9. The number of unbranched alkanes of at least 4 members (excludes halogenated alkanes) is 20. The van der Waals surface area contributed by atoms with Gasteiger partial charge in [0.1, 0.15) is 13.2 Å². The highest BCUT2D eigenvalue weighted by Crippen LogP contribution is 2.15. The van der Waals surface area contributed by atoms with Crippen molar-refractivity contribution >= 4 is 17.9 Å². The van der Waals surface area contributed by atoms with Gasteiger partial charge in [0.15, 0.2) is 6.10 Å². The fourth-order valence-electron chi connectivity index (χ4n) is 8.78.